The molecule has 0 radical (unpaired) electrons. The van der Waals surface area contributed by atoms with Crippen LogP contribution in [0.5, 0.6) is 0 Å². The van der Waals surface area contributed by atoms with Crippen LogP contribution in [-0.4, -0.2) is 33.8 Å². The predicted octanol–water partition coefficient (Wildman–Crippen LogP) is 2.04. The standard InChI is InChI=1S/C17H26N6/c1-4-19-17(20-9-14(2)3)21-10-15-6-5-7-16(8-15)11-23-13-18-12-22-23/h5-8,12-14H,4,9-11H2,1-3H3,(H2,19,20,21). The van der Waals surface area contributed by atoms with Crippen molar-refractivity contribution >= 4 is 5.96 Å². The molecule has 0 aliphatic carbocycles. The van der Waals surface area contributed by atoms with Gasteiger partial charge >= 0.3 is 0 Å². The van der Waals surface area contributed by atoms with Crippen molar-refractivity contribution in [2.45, 2.75) is 33.9 Å². The molecule has 0 saturated heterocycles. The third-order valence-electron chi connectivity index (χ3n) is 3.24. The van der Waals surface area contributed by atoms with Gasteiger partial charge in [0.2, 0.25) is 0 Å². The van der Waals surface area contributed by atoms with Gasteiger partial charge < -0.3 is 10.6 Å². The van der Waals surface area contributed by atoms with Crippen LogP contribution in [0.1, 0.15) is 31.9 Å². The van der Waals surface area contributed by atoms with E-state index in [0.29, 0.717) is 12.5 Å². The Kier molecular flexibility index (Phi) is 6.59. The second-order valence-electron chi connectivity index (χ2n) is 5.88. The first-order chi connectivity index (χ1) is 11.2. The zero-order chi connectivity index (χ0) is 16.5. The number of nitrogens with one attached hydrogen (secondary N) is 2. The fraction of sp³-hybridized carbons (Fsp3) is 0.471. The molecule has 0 aliphatic heterocycles. The van der Waals surface area contributed by atoms with E-state index in [2.05, 4.69) is 70.7 Å². The van der Waals surface area contributed by atoms with Crippen molar-refractivity contribution in [3.63, 3.8) is 0 Å². The molecule has 124 valence electrons. The van der Waals surface area contributed by atoms with Crippen molar-refractivity contribution < 1.29 is 0 Å². The molecule has 23 heavy (non-hydrogen) atoms. The number of hydrogen-bond acceptors (Lipinski definition) is 3. The average Bonchev–Trinajstić information content (AvgIpc) is 3.03. The number of nitrogens with zero attached hydrogens (tertiary/aromatic N) is 4. The maximum Gasteiger partial charge on any atom is 0.191 e. The fourth-order valence-electron chi connectivity index (χ4n) is 2.14. The van der Waals surface area contributed by atoms with Gasteiger partial charge in [-0.1, -0.05) is 38.1 Å². The number of hydrogen-bond donors (Lipinski definition) is 2. The van der Waals surface area contributed by atoms with Gasteiger partial charge in [-0.2, -0.15) is 5.10 Å². The van der Waals surface area contributed by atoms with Gasteiger partial charge in [-0.15, -0.1) is 0 Å². The monoisotopic (exact) mass is 314 g/mol. The highest BCUT2D eigenvalue weighted by atomic mass is 15.3. The Bertz CT molecular complexity index is 603. The summed E-state index contributed by atoms with van der Waals surface area (Å²) in [7, 11) is 0. The number of benzene rings is 1. The summed E-state index contributed by atoms with van der Waals surface area (Å²) in [5, 5.41) is 10.8. The maximum absolute atomic E-state index is 4.65. The van der Waals surface area contributed by atoms with E-state index in [9.17, 15) is 0 Å². The van der Waals surface area contributed by atoms with E-state index in [1.165, 1.54) is 11.1 Å². The van der Waals surface area contributed by atoms with Gasteiger partial charge in [-0.25, -0.2) is 14.7 Å². The Morgan fingerprint density at radius 1 is 1.26 bits per heavy atom. The SMILES string of the molecule is CCNC(=NCc1cccc(Cn2cncn2)c1)NCC(C)C. The lowest BCUT2D eigenvalue weighted by Crippen LogP contribution is -2.39. The summed E-state index contributed by atoms with van der Waals surface area (Å²) in [6.45, 7) is 9.59. The summed E-state index contributed by atoms with van der Waals surface area (Å²) < 4.78 is 1.82. The van der Waals surface area contributed by atoms with E-state index in [-0.39, 0.29) is 0 Å². The van der Waals surface area contributed by atoms with Gasteiger partial charge in [-0.05, 0) is 24.0 Å². The van der Waals surface area contributed by atoms with Gasteiger partial charge in [0.1, 0.15) is 12.7 Å². The Balaban J connectivity index is 1.98. The highest BCUT2D eigenvalue weighted by Gasteiger charge is 2.01. The van der Waals surface area contributed by atoms with Crippen molar-refractivity contribution in [1.82, 2.24) is 25.4 Å². The highest BCUT2D eigenvalue weighted by molar-refractivity contribution is 5.79. The first-order valence-electron chi connectivity index (χ1n) is 8.09. The molecule has 1 aromatic heterocycles. The van der Waals surface area contributed by atoms with Gasteiger partial charge in [0, 0.05) is 13.1 Å². The molecule has 2 rings (SSSR count). The molecule has 0 saturated carbocycles. The molecule has 2 N–H and O–H groups in total. The van der Waals surface area contributed by atoms with Crippen molar-refractivity contribution in [1.29, 1.82) is 0 Å². The largest absolute Gasteiger partial charge is 0.357 e. The van der Waals surface area contributed by atoms with E-state index in [1.807, 2.05) is 4.68 Å². The van der Waals surface area contributed by atoms with Crippen molar-refractivity contribution in [2.75, 3.05) is 13.1 Å². The van der Waals surface area contributed by atoms with Crippen LogP contribution in [0.4, 0.5) is 0 Å². The van der Waals surface area contributed by atoms with E-state index >= 15 is 0 Å². The molecule has 0 aliphatic rings. The Morgan fingerprint density at radius 2 is 2.09 bits per heavy atom. The van der Waals surface area contributed by atoms with Crippen LogP contribution in [0.3, 0.4) is 0 Å². The molecule has 0 fully saturated rings. The van der Waals surface area contributed by atoms with Crippen LogP contribution in [0, 0.1) is 5.92 Å². The highest BCUT2D eigenvalue weighted by Crippen LogP contribution is 2.08. The number of guanidine groups is 1. The number of aromatic nitrogens is 3. The Labute approximate surface area is 138 Å². The third-order valence-corrected chi connectivity index (χ3v) is 3.24. The molecular weight excluding hydrogens is 288 g/mol. The van der Waals surface area contributed by atoms with Crippen molar-refractivity contribution in [3.05, 3.63) is 48.0 Å². The summed E-state index contributed by atoms with van der Waals surface area (Å²) in [6, 6.07) is 8.42. The van der Waals surface area contributed by atoms with Gasteiger partial charge in [-0.3, -0.25) is 0 Å². The number of rotatable bonds is 7. The van der Waals surface area contributed by atoms with E-state index in [1.54, 1.807) is 12.7 Å². The minimum Gasteiger partial charge on any atom is -0.357 e. The molecule has 6 heteroatoms. The third kappa shape index (κ3) is 6.10. The lowest BCUT2D eigenvalue weighted by molar-refractivity contribution is 0.615. The van der Waals surface area contributed by atoms with E-state index in [4.69, 9.17) is 0 Å². The summed E-state index contributed by atoms with van der Waals surface area (Å²) in [5.74, 6) is 1.45. The first-order valence-corrected chi connectivity index (χ1v) is 8.09. The molecule has 2 aromatic rings. The Morgan fingerprint density at radius 3 is 2.78 bits per heavy atom. The molecule has 6 nitrogen and oxygen atoms in total. The molecule has 0 spiro atoms. The minimum absolute atomic E-state index is 0.588. The lowest BCUT2D eigenvalue weighted by Gasteiger charge is -2.13. The first kappa shape index (κ1) is 17.0. The summed E-state index contributed by atoms with van der Waals surface area (Å²) in [6.07, 6.45) is 3.28. The van der Waals surface area contributed by atoms with Crippen LogP contribution < -0.4 is 10.6 Å². The molecule has 0 unspecified atom stereocenters. The van der Waals surface area contributed by atoms with E-state index < -0.39 is 0 Å². The zero-order valence-electron chi connectivity index (χ0n) is 14.2. The van der Waals surface area contributed by atoms with Gasteiger partial charge in [0.05, 0.1) is 13.1 Å². The van der Waals surface area contributed by atoms with Gasteiger partial charge in [0.25, 0.3) is 0 Å². The molecule has 0 amide bonds. The maximum atomic E-state index is 4.65. The molecule has 0 atom stereocenters. The zero-order valence-corrected chi connectivity index (χ0v) is 14.2. The van der Waals surface area contributed by atoms with E-state index in [0.717, 1.165) is 25.6 Å². The summed E-state index contributed by atoms with van der Waals surface area (Å²) in [4.78, 5) is 8.62. The smallest absolute Gasteiger partial charge is 0.191 e. The summed E-state index contributed by atoms with van der Waals surface area (Å²) >= 11 is 0. The fourth-order valence-corrected chi connectivity index (χ4v) is 2.14. The predicted molar refractivity (Wildman–Crippen MR) is 93.2 cm³/mol. The minimum atomic E-state index is 0.588. The molecular formula is C17H26N6. The second kappa shape index (κ2) is 8.92. The van der Waals surface area contributed by atoms with Crippen molar-refractivity contribution in [3.8, 4) is 0 Å². The molecule has 0 bridgehead atoms. The topological polar surface area (TPSA) is 67.1 Å². The molecule has 1 aromatic carbocycles. The average molecular weight is 314 g/mol. The normalized spacial score (nSPS) is 11.7. The summed E-state index contributed by atoms with van der Waals surface area (Å²) in [5.41, 5.74) is 2.38. The lowest BCUT2D eigenvalue weighted by atomic mass is 10.1. The van der Waals surface area contributed by atoms with Crippen LogP contribution in [-0.2, 0) is 13.1 Å². The number of aliphatic imine (C=N–C) groups is 1. The van der Waals surface area contributed by atoms with Crippen LogP contribution in [0.15, 0.2) is 41.9 Å². The molecule has 1 heterocycles. The van der Waals surface area contributed by atoms with Crippen molar-refractivity contribution in [2.24, 2.45) is 10.9 Å². The Hall–Kier alpha value is -2.37. The second-order valence-corrected chi connectivity index (χ2v) is 5.88. The van der Waals surface area contributed by atoms with Crippen LogP contribution in [0.25, 0.3) is 0 Å². The quantitative estimate of drug-likeness (QED) is 0.606. The van der Waals surface area contributed by atoms with Gasteiger partial charge in [0.15, 0.2) is 5.96 Å². The van der Waals surface area contributed by atoms with Crippen LogP contribution in [0.2, 0.25) is 0 Å². The van der Waals surface area contributed by atoms with Crippen LogP contribution >= 0.6 is 0 Å².